The second-order valence-electron chi connectivity index (χ2n) is 7.82. The summed E-state index contributed by atoms with van der Waals surface area (Å²) >= 11 is 0. The lowest BCUT2D eigenvalue weighted by Gasteiger charge is -2.35. The fourth-order valence-corrected chi connectivity index (χ4v) is 5.74. The first-order chi connectivity index (χ1) is 15.1. The molecule has 4 rings (SSSR count). The minimum absolute atomic E-state index is 0.366. The lowest BCUT2D eigenvalue weighted by Crippen LogP contribution is -2.45. The maximum Gasteiger partial charge on any atom is 0.251 e. The molecule has 0 unspecified atom stereocenters. The summed E-state index contributed by atoms with van der Waals surface area (Å²) in [6, 6.07) is 9.64. The average molecular weight is 445 g/mol. The molecule has 31 heavy (non-hydrogen) atoms. The van der Waals surface area contributed by atoms with E-state index in [1.807, 2.05) is 41.6 Å². The van der Waals surface area contributed by atoms with E-state index in [1.54, 1.807) is 23.8 Å². The molecule has 3 heterocycles. The average Bonchev–Trinajstić information content (AvgIpc) is 2.84. The molecule has 2 fully saturated rings. The number of methoxy groups -OCH3 is 1. The van der Waals surface area contributed by atoms with Crippen LogP contribution in [0.15, 0.2) is 52.7 Å². The Labute approximate surface area is 184 Å². The zero-order valence-corrected chi connectivity index (χ0v) is 18.7. The van der Waals surface area contributed by atoms with Crippen LogP contribution in [-0.2, 0) is 10.0 Å². The van der Waals surface area contributed by atoms with Crippen molar-refractivity contribution in [2.75, 3.05) is 51.3 Å². The van der Waals surface area contributed by atoms with Gasteiger partial charge in [0.1, 0.15) is 5.75 Å². The highest BCUT2D eigenvalue weighted by Gasteiger charge is 2.32. The summed E-state index contributed by atoms with van der Waals surface area (Å²) in [6.07, 6.45) is 8.19. The molecule has 0 aliphatic carbocycles. The molecule has 2 aliphatic heterocycles. The Morgan fingerprint density at radius 1 is 1.03 bits per heavy atom. The van der Waals surface area contributed by atoms with Crippen LogP contribution < -0.4 is 14.6 Å². The van der Waals surface area contributed by atoms with Gasteiger partial charge >= 0.3 is 0 Å². The highest BCUT2D eigenvalue weighted by Crippen LogP contribution is 2.28. The molecule has 8 nitrogen and oxygen atoms in total. The first-order valence-electron chi connectivity index (χ1n) is 10.8. The molecule has 0 atom stereocenters. The third kappa shape index (κ3) is 4.99. The molecule has 1 aromatic heterocycles. The van der Waals surface area contributed by atoms with Crippen molar-refractivity contribution in [2.45, 2.75) is 24.2 Å². The monoisotopic (exact) mass is 444 g/mol. The van der Waals surface area contributed by atoms with Gasteiger partial charge in [-0.1, -0.05) is 18.6 Å². The normalized spacial score (nSPS) is 18.5. The number of H-pyrrole nitrogens is 1. The molecule has 0 saturated carbocycles. The standard InChI is InChI=1S/C22H29N5O3S/c1-30-20-7-5-6-19(16-20)17-24-26-14-12-25(13-15-26)21-8-9-23-18-22(21)31(28,29)27-10-3-2-4-11-27/h5-9,16-18H,2-4,10-15H2,1H3/p+1/b24-17-. The summed E-state index contributed by atoms with van der Waals surface area (Å²) in [7, 11) is -1.85. The van der Waals surface area contributed by atoms with E-state index in [0.717, 1.165) is 49.4 Å². The number of nitrogens with one attached hydrogen (secondary N) is 1. The van der Waals surface area contributed by atoms with Gasteiger partial charge in [-0.3, -0.25) is 5.01 Å². The summed E-state index contributed by atoms with van der Waals surface area (Å²) in [4.78, 5) is 5.47. The lowest BCUT2D eigenvalue weighted by molar-refractivity contribution is -0.380. The molecule has 2 aromatic rings. The minimum atomic E-state index is -3.50. The number of aromatic nitrogens is 1. The van der Waals surface area contributed by atoms with Crippen LogP contribution in [0.4, 0.5) is 5.69 Å². The molecule has 9 heteroatoms. The smallest absolute Gasteiger partial charge is 0.251 e. The van der Waals surface area contributed by atoms with Crippen molar-refractivity contribution in [3.63, 3.8) is 0 Å². The van der Waals surface area contributed by atoms with Gasteiger partial charge in [0.2, 0.25) is 0 Å². The topological polar surface area (TPSA) is 79.6 Å². The number of piperazine rings is 1. The number of piperidine rings is 1. The van der Waals surface area contributed by atoms with Crippen molar-refractivity contribution >= 4 is 21.9 Å². The van der Waals surface area contributed by atoms with E-state index in [2.05, 4.69) is 15.0 Å². The Kier molecular flexibility index (Phi) is 6.72. The van der Waals surface area contributed by atoms with Crippen LogP contribution in [0.5, 0.6) is 5.75 Å². The number of hydrogen-bond donors (Lipinski definition) is 0. The first-order valence-corrected chi connectivity index (χ1v) is 12.2. The quantitative estimate of drug-likeness (QED) is 0.635. The fourth-order valence-electron chi connectivity index (χ4n) is 4.04. The molecule has 0 bridgehead atoms. The maximum atomic E-state index is 13.3. The highest BCUT2D eigenvalue weighted by atomic mass is 32.2. The number of rotatable bonds is 6. The van der Waals surface area contributed by atoms with Crippen LogP contribution >= 0.6 is 0 Å². The summed E-state index contributed by atoms with van der Waals surface area (Å²) in [5.74, 6) is 0.803. The molecule has 0 spiro atoms. The molecule has 0 amide bonds. The van der Waals surface area contributed by atoms with Crippen molar-refractivity contribution < 1.29 is 18.1 Å². The van der Waals surface area contributed by atoms with Crippen LogP contribution in [0.2, 0.25) is 0 Å². The van der Waals surface area contributed by atoms with E-state index < -0.39 is 10.0 Å². The van der Waals surface area contributed by atoms with Crippen molar-refractivity contribution in [3.8, 4) is 5.75 Å². The summed E-state index contributed by atoms with van der Waals surface area (Å²) in [5, 5.41) is 6.61. The van der Waals surface area contributed by atoms with Gasteiger partial charge in [0.15, 0.2) is 17.3 Å². The second kappa shape index (κ2) is 9.65. The molecular weight excluding hydrogens is 414 g/mol. The van der Waals surface area contributed by atoms with Crippen molar-refractivity contribution in [1.29, 1.82) is 0 Å². The van der Waals surface area contributed by atoms with Gasteiger partial charge in [0, 0.05) is 32.2 Å². The summed E-state index contributed by atoms with van der Waals surface area (Å²) in [5.41, 5.74) is 1.75. The fraction of sp³-hybridized carbons (Fsp3) is 0.455. The number of pyridine rings is 1. The largest absolute Gasteiger partial charge is 0.497 e. The number of nitrogens with zero attached hydrogens (tertiary/aromatic N) is 4. The van der Waals surface area contributed by atoms with E-state index >= 15 is 0 Å². The number of aromatic amines is 1. The number of benzene rings is 1. The summed E-state index contributed by atoms with van der Waals surface area (Å²) < 4.78 is 33.4. The number of hydrogen-bond acceptors (Lipinski definition) is 6. The Morgan fingerprint density at radius 2 is 1.81 bits per heavy atom. The first kappa shape index (κ1) is 21.6. The second-order valence-corrected chi connectivity index (χ2v) is 9.73. The van der Waals surface area contributed by atoms with E-state index in [4.69, 9.17) is 4.74 Å². The molecule has 1 N–H and O–H groups in total. The Balaban J connectivity index is 1.44. The van der Waals surface area contributed by atoms with E-state index in [9.17, 15) is 8.42 Å². The van der Waals surface area contributed by atoms with Gasteiger partial charge in [0.05, 0.1) is 32.1 Å². The van der Waals surface area contributed by atoms with Crippen molar-refractivity contribution in [1.82, 2.24) is 9.31 Å². The number of ether oxygens (including phenoxy) is 1. The van der Waals surface area contributed by atoms with E-state index in [0.29, 0.717) is 31.1 Å². The number of sulfonamides is 1. The Bertz CT molecular complexity index is 1010. The van der Waals surface area contributed by atoms with Gasteiger partial charge in [0.25, 0.3) is 10.0 Å². The van der Waals surface area contributed by atoms with Gasteiger partial charge < -0.3 is 9.64 Å². The number of hydrazone groups is 1. The highest BCUT2D eigenvalue weighted by molar-refractivity contribution is 7.89. The van der Waals surface area contributed by atoms with Crippen LogP contribution in [0.3, 0.4) is 0 Å². The molecule has 1 aromatic carbocycles. The van der Waals surface area contributed by atoms with Crippen LogP contribution in [0.25, 0.3) is 0 Å². The molecular formula is C22H30N5O3S+. The van der Waals surface area contributed by atoms with Crippen LogP contribution in [0.1, 0.15) is 24.8 Å². The Hall–Kier alpha value is -2.65. The van der Waals surface area contributed by atoms with Crippen molar-refractivity contribution in [3.05, 3.63) is 48.3 Å². The van der Waals surface area contributed by atoms with E-state index in [-0.39, 0.29) is 0 Å². The molecule has 0 radical (unpaired) electrons. The van der Waals surface area contributed by atoms with Crippen LogP contribution in [0, 0.1) is 0 Å². The lowest BCUT2D eigenvalue weighted by atomic mass is 10.2. The van der Waals surface area contributed by atoms with Crippen molar-refractivity contribution in [2.24, 2.45) is 5.10 Å². The third-order valence-electron chi connectivity index (χ3n) is 5.80. The third-order valence-corrected chi connectivity index (χ3v) is 7.73. The van der Waals surface area contributed by atoms with Gasteiger partial charge in [-0.05, 0) is 30.5 Å². The zero-order chi connectivity index (χ0) is 21.7. The predicted octanol–water partition coefficient (Wildman–Crippen LogP) is 1.84. The Morgan fingerprint density at radius 3 is 2.55 bits per heavy atom. The van der Waals surface area contributed by atoms with Gasteiger partial charge in [-0.25, -0.2) is 13.4 Å². The number of anilines is 1. The molecule has 2 aliphatic rings. The predicted molar refractivity (Wildman–Crippen MR) is 120 cm³/mol. The van der Waals surface area contributed by atoms with Gasteiger partial charge in [-0.15, -0.1) is 0 Å². The minimum Gasteiger partial charge on any atom is -0.497 e. The van der Waals surface area contributed by atoms with Crippen LogP contribution in [-0.4, -0.2) is 70.3 Å². The summed E-state index contributed by atoms with van der Waals surface area (Å²) in [6.45, 7) is 4.07. The molecule has 166 valence electrons. The SMILES string of the molecule is COc1cccc(/C=N\N2CCN(c3cc[nH+]cc3S(=O)(=O)N3CCCCC3)CC2)c1. The maximum absolute atomic E-state index is 13.3. The van der Waals surface area contributed by atoms with E-state index in [1.165, 1.54) is 0 Å². The molecule has 2 saturated heterocycles. The van der Waals surface area contributed by atoms with Gasteiger partial charge in [-0.2, -0.15) is 9.41 Å². The zero-order valence-electron chi connectivity index (χ0n) is 17.9.